The molecule has 1 unspecified atom stereocenters. The van der Waals surface area contributed by atoms with E-state index in [-0.39, 0.29) is 5.75 Å². The Balaban J connectivity index is 2.73. The third-order valence-corrected chi connectivity index (χ3v) is 4.78. The van der Waals surface area contributed by atoms with Crippen molar-refractivity contribution in [1.29, 1.82) is 0 Å². The van der Waals surface area contributed by atoms with E-state index >= 15 is 0 Å². The predicted octanol–water partition coefficient (Wildman–Crippen LogP) is 2.05. The van der Waals surface area contributed by atoms with Crippen LogP contribution < -0.4 is 5.32 Å². The van der Waals surface area contributed by atoms with Crippen LogP contribution in [0, 0.1) is 0 Å². The highest BCUT2D eigenvalue weighted by atomic mass is 32.2. The number of benzene rings is 1. The summed E-state index contributed by atoms with van der Waals surface area (Å²) in [4.78, 5) is 0.331. The highest BCUT2D eigenvalue weighted by Gasteiger charge is 2.17. The van der Waals surface area contributed by atoms with Gasteiger partial charge in [0.15, 0.2) is 9.84 Å². The summed E-state index contributed by atoms with van der Waals surface area (Å²) in [5.41, 5.74) is 0.0486. The summed E-state index contributed by atoms with van der Waals surface area (Å²) in [6.45, 7) is 5.73. The van der Waals surface area contributed by atoms with E-state index in [2.05, 4.69) is 5.32 Å². The first kappa shape index (κ1) is 15.0. The third-order valence-electron chi connectivity index (χ3n) is 3.03. The Morgan fingerprint density at radius 3 is 2.22 bits per heavy atom. The van der Waals surface area contributed by atoms with Gasteiger partial charge in [-0.3, -0.25) is 0 Å². The van der Waals surface area contributed by atoms with Crippen molar-refractivity contribution in [2.75, 3.05) is 17.6 Å². The van der Waals surface area contributed by atoms with Crippen LogP contribution in [-0.4, -0.2) is 31.4 Å². The summed E-state index contributed by atoms with van der Waals surface area (Å²) >= 11 is 0. The molecule has 0 aliphatic rings. The summed E-state index contributed by atoms with van der Waals surface area (Å²) in [6.07, 6.45) is 0.655. The van der Waals surface area contributed by atoms with Crippen LogP contribution in [0.4, 0.5) is 5.69 Å². The molecule has 0 bridgehead atoms. The summed E-state index contributed by atoms with van der Waals surface area (Å²) in [5.74, 6) is 0.102. The number of rotatable bonds is 6. The van der Waals surface area contributed by atoms with E-state index in [4.69, 9.17) is 0 Å². The van der Waals surface area contributed by atoms with Gasteiger partial charge in [-0.2, -0.15) is 0 Å². The highest BCUT2D eigenvalue weighted by molar-refractivity contribution is 7.91. The number of hydrogen-bond acceptors (Lipinski definition) is 4. The van der Waals surface area contributed by atoms with Gasteiger partial charge in [0.25, 0.3) is 0 Å². The molecule has 1 aromatic rings. The van der Waals surface area contributed by atoms with E-state index in [1.807, 2.05) is 6.92 Å². The van der Waals surface area contributed by atoms with E-state index in [9.17, 15) is 13.5 Å². The lowest BCUT2D eigenvalue weighted by molar-refractivity contribution is 0.0697. The molecule has 0 spiro atoms. The number of hydrogen-bond donors (Lipinski definition) is 2. The number of anilines is 1. The molecule has 0 fully saturated rings. The lowest BCUT2D eigenvalue weighted by atomic mass is 10.0. The molecule has 0 radical (unpaired) electrons. The first-order chi connectivity index (χ1) is 8.30. The molecule has 4 nitrogen and oxygen atoms in total. The second kappa shape index (κ2) is 5.71. The number of sulfone groups is 1. The zero-order valence-corrected chi connectivity index (χ0v) is 11.9. The van der Waals surface area contributed by atoms with Crippen LogP contribution >= 0.6 is 0 Å². The van der Waals surface area contributed by atoms with Crippen LogP contribution in [0.2, 0.25) is 0 Å². The molecule has 1 aromatic carbocycles. The molecule has 0 amide bonds. The molecule has 0 aliphatic carbocycles. The quantitative estimate of drug-likeness (QED) is 0.831. The molecule has 1 rings (SSSR count). The summed E-state index contributed by atoms with van der Waals surface area (Å²) in [5, 5.41) is 12.9. The van der Waals surface area contributed by atoms with Crippen molar-refractivity contribution < 1.29 is 13.5 Å². The van der Waals surface area contributed by atoms with Crippen LogP contribution in [-0.2, 0) is 9.84 Å². The van der Waals surface area contributed by atoms with Gasteiger partial charge in [-0.1, -0.05) is 13.8 Å². The zero-order valence-electron chi connectivity index (χ0n) is 11.1. The Morgan fingerprint density at radius 2 is 1.78 bits per heavy atom. The van der Waals surface area contributed by atoms with Crippen molar-refractivity contribution in [2.45, 2.75) is 37.7 Å². The Labute approximate surface area is 109 Å². The second-order valence-corrected chi connectivity index (χ2v) is 6.91. The van der Waals surface area contributed by atoms with Crippen LogP contribution in [0.25, 0.3) is 0 Å². The molecule has 2 N–H and O–H groups in total. The van der Waals surface area contributed by atoms with E-state index in [0.29, 0.717) is 17.9 Å². The van der Waals surface area contributed by atoms with Crippen molar-refractivity contribution in [3.63, 3.8) is 0 Å². The van der Waals surface area contributed by atoms with Gasteiger partial charge in [0.2, 0.25) is 0 Å². The second-order valence-electron chi connectivity index (χ2n) is 4.63. The molecular weight excluding hydrogens is 250 g/mol. The summed E-state index contributed by atoms with van der Waals surface area (Å²) < 4.78 is 23.2. The number of nitrogens with one attached hydrogen (secondary N) is 1. The molecule has 102 valence electrons. The highest BCUT2D eigenvalue weighted by Crippen LogP contribution is 2.16. The topological polar surface area (TPSA) is 66.4 Å². The largest absolute Gasteiger partial charge is 0.388 e. The molecule has 0 saturated heterocycles. The van der Waals surface area contributed by atoms with Crippen molar-refractivity contribution >= 4 is 15.5 Å². The van der Waals surface area contributed by atoms with E-state index in [1.165, 1.54) is 0 Å². The monoisotopic (exact) mass is 271 g/mol. The molecule has 0 saturated carbocycles. The lowest BCUT2D eigenvalue weighted by Gasteiger charge is -2.22. The van der Waals surface area contributed by atoms with Gasteiger partial charge in [-0.25, -0.2) is 8.42 Å². The molecular formula is C13H21NO3S. The van der Waals surface area contributed by atoms with E-state index < -0.39 is 15.4 Å². The predicted molar refractivity (Wildman–Crippen MR) is 73.6 cm³/mol. The van der Waals surface area contributed by atoms with Gasteiger partial charge < -0.3 is 10.4 Å². The molecule has 5 heteroatoms. The summed E-state index contributed by atoms with van der Waals surface area (Å²) in [6, 6.07) is 6.60. The van der Waals surface area contributed by atoms with Gasteiger partial charge in [0.05, 0.1) is 16.2 Å². The standard InChI is InChI=1S/C13H21NO3S/c1-4-13(3,15)10-14-11-6-8-12(9-7-11)18(16,17)5-2/h6-9,14-15H,4-5,10H2,1-3H3. The molecule has 0 aliphatic heterocycles. The van der Waals surface area contributed by atoms with Gasteiger partial charge in [0.1, 0.15) is 0 Å². The molecule has 18 heavy (non-hydrogen) atoms. The smallest absolute Gasteiger partial charge is 0.178 e. The third kappa shape index (κ3) is 3.99. The SMILES string of the molecule is CCC(C)(O)CNc1ccc(S(=O)(=O)CC)cc1. The normalized spacial score (nSPS) is 15.1. The van der Waals surface area contributed by atoms with E-state index in [1.54, 1.807) is 38.1 Å². The maximum absolute atomic E-state index is 11.6. The minimum Gasteiger partial charge on any atom is -0.388 e. The Hall–Kier alpha value is -1.07. The lowest BCUT2D eigenvalue weighted by Crippen LogP contribution is -2.32. The Bertz CT molecular complexity index is 477. The van der Waals surface area contributed by atoms with Crippen LogP contribution in [0.3, 0.4) is 0 Å². The first-order valence-electron chi connectivity index (χ1n) is 6.10. The maximum atomic E-state index is 11.6. The van der Waals surface area contributed by atoms with Crippen molar-refractivity contribution in [2.24, 2.45) is 0 Å². The molecule has 1 atom stereocenters. The fourth-order valence-corrected chi connectivity index (χ4v) is 2.25. The van der Waals surface area contributed by atoms with Gasteiger partial charge in [-0.05, 0) is 37.6 Å². The number of aliphatic hydroxyl groups is 1. The van der Waals surface area contributed by atoms with Gasteiger partial charge >= 0.3 is 0 Å². The van der Waals surface area contributed by atoms with Gasteiger partial charge in [-0.15, -0.1) is 0 Å². The van der Waals surface area contributed by atoms with Crippen LogP contribution in [0.5, 0.6) is 0 Å². The fourth-order valence-electron chi connectivity index (χ4n) is 1.36. The van der Waals surface area contributed by atoms with E-state index in [0.717, 1.165) is 5.69 Å². The zero-order chi connectivity index (χ0) is 13.8. The average molecular weight is 271 g/mol. The molecule has 0 aromatic heterocycles. The first-order valence-corrected chi connectivity index (χ1v) is 7.75. The van der Waals surface area contributed by atoms with Crippen molar-refractivity contribution in [3.05, 3.63) is 24.3 Å². The average Bonchev–Trinajstić information content (AvgIpc) is 2.37. The fraction of sp³-hybridized carbons (Fsp3) is 0.538. The van der Waals surface area contributed by atoms with Gasteiger partial charge in [0, 0.05) is 12.2 Å². The Kier molecular flexibility index (Phi) is 4.76. The Morgan fingerprint density at radius 1 is 1.22 bits per heavy atom. The van der Waals surface area contributed by atoms with Crippen molar-refractivity contribution in [3.8, 4) is 0 Å². The molecule has 0 heterocycles. The maximum Gasteiger partial charge on any atom is 0.178 e. The minimum absolute atomic E-state index is 0.102. The minimum atomic E-state index is -3.14. The van der Waals surface area contributed by atoms with Crippen molar-refractivity contribution in [1.82, 2.24) is 0 Å². The summed E-state index contributed by atoms with van der Waals surface area (Å²) in [7, 11) is -3.14. The van der Waals surface area contributed by atoms with Crippen LogP contribution in [0.15, 0.2) is 29.2 Å². The van der Waals surface area contributed by atoms with Crippen LogP contribution in [0.1, 0.15) is 27.2 Å².